The van der Waals surface area contributed by atoms with Gasteiger partial charge in [0.15, 0.2) is 0 Å². The SMILES string of the molecule is O=C(c1ccc(-n2ccnc2)c([N+](=O)[O-])c1)N1CCC(N2CCNCC2)C1. The highest BCUT2D eigenvalue weighted by Gasteiger charge is 2.32. The molecule has 3 heterocycles. The van der Waals surface area contributed by atoms with Gasteiger partial charge in [0.05, 0.1) is 11.3 Å². The van der Waals surface area contributed by atoms with Gasteiger partial charge < -0.3 is 14.8 Å². The van der Waals surface area contributed by atoms with Crippen LogP contribution < -0.4 is 5.32 Å². The molecule has 0 spiro atoms. The second-order valence-electron chi connectivity index (χ2n) is 6.91. The second kappa shape index (κ2) is 7.45. The summed E-state index contributed by atoms with van der Waals surface area (Å²) >= 11 is 0. The van der Waals surface area contributed by atoms with Gasteiger partial charge in [-0.1, -0.05) is 0 Å². The summed E-state index contributed by atoms with van der Waals surface area (Å²) in [7, 11) is 0. The molecule has 1 aromatic heterocycles. The molecule has 1 atom stereocenters. The monoisotopic (exact) mass is 370 g/mol. The first-order valence-electron chi connectivity index (χ1n) is 9.14. The third kappa shape index (κ3) is 3.56. The number of rotatable bonds is 4. The number of benzene rings is 1. The van der Waals surface area contributed by atoms with Crippen LogP contribution >= 0.6 is 0 Å². The average Bonchev–Trinajstić information content (AvgIpc) is 3.40. The number of nitro groups is 1. The lowest BCUT2D eigenvalue weighted by Crippen LogP contribution is -2.49. The van der Waals surface area contributed by atoms with E-state index >= 15 is 0 Å². The Morgan fingerprint density at radius 1 is 1.26 bits per heavy atom. The molecule has 2 aliphatic rings. The number of carbonyl (C=O) groups excluding carboxylic acids is 1. The number of aromatic nitrogens is 2. The molecule has 27 heavy (non-hydrogen) atoms. The molecule has 1 aromatic carbocycles. The fraction of sp³-hybridized carbons (Fsp3) is 0.444. The van der Waals surface area contributed by atoms with E-state index in [0.29, 0.717) is 30.4 Å². The van der Waals surface area contributed by atoms with Crippen LogP contribution in [-0.4, -0.2) is 75.5 Å². The first-order chi connectivity index (χ1) is 13.1. The molecule has 2 saturated heterocycles. The van der Waals surface area contributed by atoms with Crippen LogP contribution in [0.5, 0.6) is 0 Å². The maximum Gasteiger partial charge on any atom is 0.294 e. The predicted molar refractivity (Wildman–Crippen MR) is 99.0 cm³/mol. The zero-order chi connectivity index (χ0) is 18.8. The highest BCUT2D eigenvalue weighted by molar-refractivity contribution is 5.95. The highest BCUT2D eigenvalue weighted by Crippen LogP contribution is 2.26. The van der Waals surface area contributed by atoms with E-state index in [0.717, 1.165) is 32.6 Å². The zero-order valence-electron chi connectivity index (χ0n) is 15.0. The van der Waals surface area contributed by atoms with Gasteiger partial charge in [-0.15, -0.1) is 0 Å². The Hall–Kier alpha value is -2.78. The molecule has 0 bridgehead atoms. The van der Waals surface area contributed by atoms with Crippen LogP contribution in [0.15, 0.2) is 36.9 Å². The number of hydrogen-bond acceptors (Lipinski definition) is 6. The lowest BCUT2D eigenvalue weighted by molar-refractivity contribution is -0.384. The minimum atomic E-state index is -0.459. The Labute approximate surface area is 156 Å². The van der Waals surface area contributed by atoms with Crippen molar-refractivity contribution in [1.29, 1.82) is 0 Å². The summed E-state index contributed by atoms with van der Waals surface area (Å²) in [6, 6.07) is 5.01. The minimum absolute atomic E-state index is 0.100. The van der Waals surface area contributed by atoms with E-state index in [1.54, 1.807) is 29.1 Å². The number of nitrogens with zero attached hydrogens (tertiary/aromatic N) is 5. The Bertz CT molecular complexity index is 832. The van der Waals surface area contributed by atoms with Crippen molar-refractivity contribution in [2.24, 2.45) is 0 Å². The number of nitrogens with one attached hydrogen (secondary N) is 1. The van der Waals surface area contributed by atoms with Crippen LogP contribution in [-0.2, 0) is 0 Å². The van der Waals surface area contributed by atoms with Crippen LogP contribution in [0, 0.1) is 10.1 Å². The number of hydrogen-bond donors (Lipinski definition) is 1. The van der Waals surface area contributed by atoms with Gasteiger partial charge in [-0.2, -0.15) is 0 Å². The maximum atomic E-state index is 12.9. The summed E-state index contributed by atoms with van der Waals surface area (Å²) in [5.41, 5.74) is 0.650. The topological polar surface area (TPSA) is 96.5 Å². The van der Waals surface area contributed by atoms with Crippen molar-refractivity contribution in [3.63, 3.8) is 0 Å². The molecule has 0 aliphatic carbocycles. The molecular formula is C18H22N6O3. The van der Waals surface area contributed by atoms with Crippen molar-refractivity contribution in [3.05, 3.63) is 52.6 Å². The smallest absolute Gasteiger partial charge is 0.294 e. The molecule has 2 fully saturated rings. The van der Waals surface area contributed by atoms with Gasteiger partial charge in [-0.25, -0.2) is 4.98 Å². The van der Waals surface area contributed by atoms with Gasteiger partial charge in [0, 0.05) is 69.3 Å². The summed E-state index contributed by atoms with van der Waals surface area (Å²) in [4.78, 5) is 32.1. The fourth-order valence-corrected chi connectivity index (χ4v) is 3.88. The molecule has 1 amide bonds. The van der Waals surface area contributed by atoms with E-state index < -0.39 is 4.92 Å². The van der Waals surface area contributed by atoms with Gasteiger partial charge in [0.2, 0.25) is 0 Å². The van der Waals surface area contributed by atoms with Crippen LogP contribution in [0.2, 0.25) is 0 Å². The van der Waals surface area contributed by atoms with Gasteiger partial charge in [-0.05, 0) is 18.6 Å². The molecule has 142 valence electrons. The van der Waals surface area contributed by atoms with Crippen LogP contribution in [0.1, 0.15) is 16.8 Å². The number of amides is 1. The lowest BCUT2D eigenvalue weighted by atomic mass is 10.1. The van der Waals surface area contributed by atoms with Crippen molar-refractivity contribution >= 4 is 11.6 Å². The molecule has 9 nitrogen and oxygen atoms in total. The summed E-state index contributed by atoms with van der Waals surface area (Å²) in [5.74, 6) is -0.145. The van der Waals surface area contributed by atoms with E-state index in [1.807, 2.05) is 4.90 Å². The van der Waals surface area contributed by atoms with Crippen molar-refractivity contribution < 1.29 is 9.72 Å². The van der Waals surface area contributed by atoms with E-state index in [9.17, 15) is 14.9 Å². The quantitative estimate of drug-likeness (QED) is 0.635. The zero-order valence-corrected chi connectivity index (χ0v) is 15.0. The van der Waals surface area contributed by atoms with E-state index in [-0.39, 0.29) is 11.6 Å². The van der Waals surface area contributed by atoms with Gasteiger partial charge >= 0.3 is 0 Å². The largest absolute Gasteiger partial charge is 0.337 e. The predicted octanol–water partition coefficient (Wildman–Crippen LogP) is 0.900. The summed E-state index contributed by atoms with van der Waals surface area (Å²) in [5, 5.41) is 14.8. The standard InChI is InChI=1S/C18H22N6O3/c25-18(22-7-3-15(12-22)21-8-4-19-5-9-21)14-1-2-16(17(11-14)24(26)27)23-10-6-20-13-23/h1-2,6,10-11,13,15,19H,3-5,7-9,12H2. The lowest BCUT2D eigenvalue weighted by Gasteiger charge is -2.32. The first kappa shape index (κ1) is 17.6. The molecule has 0 saturated carbocycles. The molecule has 0 radical (unpaired) electrons. The van der Waals surface area contributed by atoms with E-state index in [2.05, 4.69) is 15.2 Å². The van der Waals surface area contributed by atoms with Crippen molar-refractivity contribution in [1.82, 2.24) is 24.7 Å². The Morgan fingerprint density at radius 3 is 2.78 bits per heavy atom. The Balaban J connectivity index is 1.52. The molecule has 1 N–H and O–H groups in total. The minimum Gasteiger partial charge on any atom is -0.337 e. The molecular weight excluding hydrogens is 348 g/mol. The number of imidazole rings is 1. The molecule has 4 rings (SSSR count). The van der Waals surface area contributed by atoms with Crippen LogP contribution in [0.4, 0.5) is 5.69 Å². The number of nitro benzene ring substituents is 1. The summed E-state index contributed by atoms with van der Waals surface area (Å²) < 4.78 is 1.57. The van der Waals surface area contributed by atoms with Gasteiger partial charge in [0.25, 0.3) is 11.6 Å². The van der Waals surface area contributed by atoms with Crippen molar-refractivity contribution in [3.8, 4) is 5.69 Å². The maximum absolute atomic E-state index is 12.9. The molecule has 1 unspecified atom stereocenters. The Morgan fingerprint density at radius 2 is 2.07 bits per heavy atom. The average molecular weight is 370 g/mol. The third-order valence-corrected chi connectivity index (χ3v) is 5.32. The third-order valence-electron chi connectivity index (χ3n) is 5.32. The molecule has 2 aliphatic heterocycles. The molecule has 9 heteroatoms. The Kier molecular flexibility index (Phi) is 4.87. The highest BCUT2D eigenvalue weighted by atomic mass is 16.6. The van der Waals surface area contributed by atoms with E-state index in [1.165, 1.54) is 12.4 Å². The molecule has 2 aromatic rings. The van der Waals surface area contributed by atoms with Crippen molar-refractivity contribution in [2.45, 2.75) is 12.5 Å². The van der Waals surface area contributed by atoms with Gasteiger partial charge in [0.1, 0.15) is 5.69 Å². The number of carbonyl (C=O) groups is 1. The van der Waals surface area contributed by atoms with E-state index in [4.69, 9.17) is 0 Å². The first-order valence-corrected chi connectivity index (χ1v) is 9.14. The summed E-state index contributed by atoms with van der Waals surface area (Å²) in [6.07, 6.45) is 5.65. The van der Waals surface area contributed by atoms with Crippen LogP contribution in [0.25, 0.3) is 5.69 Å². The second-order valence-corrected chi connectivity index (χ2v) is 6.91. The number of likely N-dealkylation sites (tertiary alicyclic amines) is 1. The normalized spacial score (nSPS) is 20.7. The van der Waals surface area contributed by atoms with Crippen LogP contribution in [0.3, 0.4) is 0 Å². The van der Waals surface area contributed by atoms with Crippen molar-refractivity contribution in [2.75, 3.05) is 39.3 Å². The fourth-order valence-electron chi connectivity index (χ4n) is 3.88. The van der Waals surface area contributed by atoms with Gasteiger partial charge in [-0.3, -0.25) is 19.8 Å². The summed E-state index contributed by atoms with van der Waals surface area (Å²) in [6.45, 7) is 5.31. The number of piperazine rings is 1.